The van der Waals surface area contributed by atoms with Crippen LogP contribution in [-0.4, -0.2) is 20.6 Å². The van der Waals surface area contributed by atoms with Crippen LogP contribution in [0.25, 0.3) is 0 Å². The summed E-state index contributed by atoms with van der Waals surface area (Å²) < 4.78 is 2.13. The maximum absolute atomic E-state index is 11.0. The number of aryl methyl sites for hydroxylation is 2. The minimum absolute atomic E-state index is 0.633. The molecule has 0 aromatic carbocycles. The van der Waals surface area contributed by atoms with E-state index in [9.17, 15) is 4.79 Å². The lowest BCUT2D eigenvalue weighted by molar-refractivity contribution is -0.147. The molecule has 1 N–H and O–H groups in total. The first-order valence-electron chi connectivity index (χ1n) is 6.21. The highest BCUT2D eigenvalue weighted by atomic mass is 16.4. The maximum Gasteiger partial charge on any atom is 0.309 e. The Morgan fingerprint density at radius 2 is 2.24 bits per heavy atom. The molecule has 96 valence electrons. The second-order valence-corrected chi connectivity index (χ2v) is 5.08. The van der Waals surface area contributed by atoms with Crippen molar-refractivity contribution in [2.75, 3.05) is 0 Å². The number of aliphatic carboxylic acids is 1. The fourth-order valence-electron chi connectivity index (χ4n) is 1.79. The summed E-state index contributed by atoms with van der Waals surface area (Å²) in [7, 11) is 0. The summed E-state index contributed by atoms with van der Waals surface area (Å²) >= 11 is 0. The lowest BCUT2D eigenvalue weighted by Gasteiger charge is -2.19. The number of carbonyl (C=O) groups is 1. The zero-order chi connectivity index (χ0) is 12.9. The molecule has 4 heteroatoms. The van der Waals surface area contributed by atoms with Crippen molar-refractivity contribution in [1.29, 1.82) is 0 Å². The molecule has 0 amide bonds. The minimum atomic E-state index is -0.725. The van der Waals surface area contributed by atoms with Gasteiger partial charge in [-0.3, -0.25) is 4.79 Å². The largest absolute Gasteiger partial charge is 0.481 e. The van der Waals surface area contributed by atoms with Crippen LogP contribution in [0.15, 0.2) is 12.4 Å². The maximum atomic E-state index is 11.0. The van der Waals surface area contributed by atoms with Gasteiger partial charge in [0.2, 0.25) is 0 Å². The highest BCUT2D eigenvalue weighted by molar-refractivity contribution is 5.73. The second-order valence-electron chi connectivity index (χ2n) is 5.08. The third-order valence-electron chi connectivity index (χ3n) is 3.06. The van der Waals surface area contributed by atoms with E-state index in [4.69, 9.17) is 5.11 Å². The summed E-state index contributed by atoms with van der Waals surface area (Å²) in [5.41, 5.74) is -0.633. The molecular weight excluding hydrogens is 216 g/mol. The average molecular weight is 238 g/mol. The van der Waals surface area contributed by atoms with Crippen molar-refractivity contribution >= 4 is 5.97 Å². The molecular formula is C13H22N2O2. The van der Waals surface area contributed by atoms with Gasteiger partial charge >= 0.3 is 5.97 Å². The van der Waals surface area contributed by atoms with E-state index in [0.717, 1.165) is 31.6 Å². The summed E-state index contributed by atoms with van der Waals surface area (Å²) in [6, 6.07) is 0. The zero-order valence-corrected chi connectivity index (χ0v) is 10.9. The van der Waals surface area contributed by atoms with E-state index in [1.165, 1.54) is 0 Å². The van der Waals surface area contributed by atoms with E-state index >= 15 is 0 Å². The van der Waals surface area contributed by atoms with E-state index in [1.54, 1.807) is 13.8 Å². The van der Waals surface area contributed by atoms with Crippen LogP contribution in [0.5, 0.6) is 0 Å². The van der Waals surface area contributed by atoms with E-state index in [-0.39, 0.29) is 0 Å². The lowest BCUT2D eigenvalue weighted by atomic mass is 9.88. The molecule has 0 spiro atoms. The molecule has 17 heavy (non-hydrogen) atoms. The molecule has 0 radical (unpaired) electrons. The molecule has 0 aliphatic carbocycles. The SMILES string of the molecule is CCCc1nccn1CCCC(C)(C)C(=O)O. The molecule has 0 bridgehead atoms. The fourth-order valence-corrected chi connectivity index (χ4v) is 1.79. The molecule has 1 rings (SSSR count). The van der Waals surface area contributed by atoms with Crippen LogP contribution in [0.4, 0.5) is 0 Å². The van der Waals surface area contributed by atoms with E-state index < -0.39 is 11.4 Å². The van der Waals surface area contributed by atoms with Gasteiger partial charge in [-0.1, -0.05) is 6.92 Å². The first-order chi connectivity index (χ1) is 7.97. The van der Waals surface area contributed by atoms with Crippen molar-refractivity contribution in [2.45, 2.75) is 53.0 Å². The molecule has 4 nitrogen and oxygen atoms in total. The predicted molar refractivity (Wildman–Crippen MR) is 66.9 cm³/mol. The van der Waals surface area contributed by atoms with Crippen molar-refractivity contribution in [1.82, 2.24) is 9.55 Å². The Morgan fingerprint density at radius 3 is 2.82 bits per heavy atom. The normalized spacial score (nSPS) is 11.7. The molecule has 1 heterocycles. The van der Waals surface area contributed by atoms with Gasteiger partial charge in [0, 0.05) is 25.4 Å². The number of rotatable bonds is 7. The van der Waals surface area contributed by atoms with Crippen LogP contribution >= 0.6 is 0 Å². The summed E-state index contributed by atoms with van der Waals surface area (Å²) in [5.74, 6) is 0.373. The molecule has 0 unspecified atom stereocenters. The van der Waals surface area contributed by atoms with Gasteiger partial charge < -0.3 is 9.67 Å². The second kappa shape index (κ2) is 5.84. The summed E-state index contributed by atoms with van der Waals surface area (Å²) in [5, 5.41) is 9.02. The van der Waals surface area contributed by atoms with Crippen LogP contribution < -0.4 is 0 Å². The van der Waals surface area contributed by atoms with Crippen LogP contribution in [0.2, 0.25) is 0 Å². The Morgan fingerprint density at radius 1 is 1.53 bits per heavy atom. The van der Waals surface area contributed by atoms with Gasteiger partial charge in [-0.25, -0.2) is 4.98 Å². The summed E-state index contributed by atoms with van der Waals surface area (Å²) in [6.45, 7) is 6.53. The number of carboxylic acids is 1. The Balaban J connectivity index is 2.45. The Labute approximate surface area is 103 Å². The number of carboxylic acid groups (broad SMARTS) is 1. The summed E-state index contributed by atoms with van der Waals surface area (Å²) in [6.07, 6.45) is 7.40. The van der Waals surface area contributed by atoms with Crippen LogP contribution in [0.1, 0.15) is 45.9 Å². The average Bonchev–Trinajstić information content (AvgIpc) is 2.66. The number of imidazole rings is 1. The third kappa shape index (κ3) is 3.88. The highest BCUT2D eigenvalue weighted by Crippen LogP contribution is 2.22. The molecule has 1 aromatic heterocycles. The van der Waals surface area contributed by atoms with Crippen molar-refractivity contribution in [2.24, 2.45) is 5.41 Å². The van der Waals surface area contributed by atoms with Gasteiger partial charge in [-0.05, 0) is 33.1 Å². The van der Waals surface area contributed by atoms with Gasteiger partial charge in [0.05, 0.1) is 5.41 Å². The van der Waals surface area contributed by atoms with Crippen LogP contribution in [0.3, 0.4) is 0 Å². The van der Waals surface area contributed by atoms with E-state index in [2.05, 4.69) is 16.5 Å². The van der Waals surface area contributed by atoms with Gasteiger partial charge in [-0.15, -0.1) is 0 Å². The molecule has 0 fully saturated rings. The van der Waals surface area contributed by atoms with Gasteiger partial charge in [-0.2, -0.15) is 0 Å². The Kier molecular flexibility index (Phi) is 4.73. The van der Waals surface area contributed by atoms with Crippen molar-refractivity contribution < 1.29 is 9.90 Å². The van der Waals surface area contributed by atoms with Crippen LogP contribution in [-0.2, 0) is 17.8 Å². The molecule has 1 aromatic rings. The van der Waals surface area contributed by atoms with Gasteiger partial charge in [0.25, 0.3) is 0 Å². The monoisotopic (exact) mass is 238 g/mol. The molecule has 0 saturated heterocycles. The fraction of sp³-hybridized carbons (Fsp3) is 0.692. The van der Waals surface area contributed by atoms with Gasteiger partial charge in [0.1, 0.15) is 5.82 Å². The smallest absolute Gasteiger partial charge is 0.309 e. The quantitative estimate of drug-likeness (QED) is 0.794. The number of aromatic nitrogens is 2. The standard InChI is InChI=1S/C13H22N2O2/c1-4-6-11-14-8-10-15(11)9-5-7-13(2,3)12(16)17/h8,10H,4-7,9H2,1-3H3,(H,16,17). The van der Waals surface area contributed by atoms with E-state index in [1.807, 2.05) is 12.4 Å². The molecule has 0 saturated carbocycles. The molecule has 0 aliphatic rings. The first-order valence-corrected chi connectivity index (χ1v) is 6.21. The van der Waals surface area contributed by atoms with E-state index in [0.29, 0.717) is 6.42 Å². The van der Waals surface area contributed by atoms with Crippen molar-refractivity contribution in [3.63, 3.8) is 0 Å². The van der Waals surface area contributed by atoms with Crippen LogP contribution in [0, 0.1) is 5.41 Å². The number of nitrogens with zero attached hydrogens (tertiary/aromatic N) is 2. The number of hydrogen-bond donors (Lipinski definition) is 1. The van der Waals surface area contributed by atoms with Crippen molar-refractivity contribution in [3.05, 3.63) is 18.2 Å². The Hall–Kier alpha value is -1.32. The summed E-state index contributed by atoms with van der Waals surface area (Å²) in [4.78, 5) is 15.3. The lowest BCUT2D eigenvalue weighted by Crippen LogP contribution is -2.24. The predicted octanol–water partition coefficient (Wildman–Crippen LogP) is 2.73. The first kappa shape index (κ1) is 13.7. The molecule has 0 atom stereocenters. The zero-order valence-electron chi connectivity index (χ0n) is 10.9. The minimum Gasteiger partial charge on any atom is -0.481 e. The van der Waals surface area contributed by atoms with Gasteiger partial charge in [0.15, 0.2) is 0 Å². The topological polar surface area (TPSA) is 55.1 Å². The highest BCUT2D eigenvalue weighted by Gasteiger charge is 2.26. The number of hydrogen-bond acceptors (Lipinski definition) is 2. The Bertz CT molecular complexity index is 369. The molecule has 0 aliphatic heterocycles. The van der Waals surface area contributed by atoms with Crippen molar-refractivity contribution in [3.8, 4) is 0 Å². The third-order valence-corrected chi connectivity index (χ3v) is 3.06.